The number of anilines is 1. The maximum atomic E-state index is 5.89. The predicted molar refractivity (Wildman–Crippen MR) is 94.8 cm³/mol. The summed E-state index contributed by atoms with van der Waals surface area (Å²) in [6.07, 6.45) is 4.42. The molecule has 0 unspecified atom stereocenters. The number of hydrogen-bond donors (Lipinski definition) is 0. The standard InChI is InChI=1S/C17H16N4O.C2H6/c1-12-5-4-9-19-16(12)21-10-7-15-14(11-21)20-17(22-15)13-6-2-3-8-18-13;1-2/h2-6,8-9H,7,10-11H2,1H3;1-2H3. The summed E-state index contributed by atoms with van der Waals surface area (Å²) in [6.45, 7) is 7.70. The molecule has 3 aromatic heterocycles. The van der Waals surface area contributed by atoms with Crippen LogP contribution in [0.1, 0.15) is 30.9 Å². The molecule has 0 spiro atoms. The van der Waals surface area contributed by atoms with Crippen molar-refractivity contribution in [1.82, 2.24) is 15.0 Å². The molecule has 0 saturated heterocycles. The van der Waals surface area contributed by atoms with Gasteiger partial charge in [0, 0.05) is 25.4 Å². The molecule has 124 valence electrons. The van der Waals surface area contributed by atoms with Gasteiger partial charge in [-0.25, -0.2) is 9.97 Å². The average Bonchev–Trinajstić information content (AvgIpc) is 3.08. The Balaban J connectivity index is 0.000000815. The highest BCUT2D eigenvalue weighted by Crippen LogP contribution is 2.28. The summed E-state index contributed by atoms with van der Waals surface area (Å²) < 4.78 is 5.89. The van der Waals surface area contributed by atoms with Crippen molar-refractivity contribution in [3.05, 3.63) is 59.7 Å². The van der Waals surface area contributed by atoms with Crippen molar-refractivity contribution in [2.24, 2.45) is 0 Å². The Kier molecular flexibility index (Phi) is 4.89. The summed E-state index contributed by atoms with van der Waals surface area (Å²) in [4.78, 5) is 15.7. The van der Waals surface area contributed by atoms with Gasteiger partial charge in [0.05, 0.1) is 6.54 Å². The molecule has 24 heavy (non-hydrogen) atoms. The molecule has 0 radical (unpaired) electrons. The first kappa shape index (κ1) is 16.2. The molecular weight excluding hydrogens is 300 g/mol. The number of pyridine rings is 2. The van der Waals surface area contributed by atoms with E-state index in [1.165, 1.54) is 5.56 Å². The predicted octanol–water partition coefficient (Wildman–Crippen LogP) is 4.03. The van der Waals surface area contributed by atoms with Crippen LogP contribution in [0, 0.1) is 6.92 Å². The van der Waals surface area contributed by atoms with Crippen LogP contribution in [0.4, 0.5) is 5.82 Å². The lowest BCUT2D eigenvalue weighted by Crippen LogP contribution is -2.31. The molecule has 0 N–H and O–H groups in total. The molecule has 1 aliphatic heterocycles. The first-order valence-electron chi connectivity index (χ1n) is 8.38. The molecular formula is C19H22N4O. The molecule has 4 rings (SSSR count). The Hall–Kier alpha value is -2.69. The number of nitrogens with zero attached hydrogens (tertiary/aromatic N) is 4. The van der Waals surface area contributed by atoms with Crippen LogP contribution in [0.25, 0.3) is 11.6 Å². The van der Waals surface area contributed by atoms with Crippen molar-refractivity contribution < 1.29 is 4.42 Å². The van der Waals surface area contributed by atoms with Gasteiger partial charge in [0.1, 0.15) is 23.0 Å². The van der Waals surface area contributed by atoms with Gasteiger partial charge in [-0.3, -0.25) is 4.98 Å². The van der Waals surface area contributed by atoms with E-state index in [-0.39, 0.29) is 0 Å². The Labute approximate surface area is 142 Å². The minimum Gasteiger partial charge on any atom is -0.439 e. The van der Waals surface area contributed by atoms with E-state index < -0.39 is 0 Å². The minimum atomic E-state index is 0.602. The Bertz CT molecular complexity index is 798. The molecule has 5 heteroatoms. The van der Waals surface area contributed by atoms with Crippen molar-refractivity contribution in [1.29, 1.82) is 0 Å². The fourth-order valence-electron chi connectivity index (χ4n) is 2.79. The van der Waals surface area contributed by atoms with Crippen molar-refractivity contribution >= 4 is 5.82 Å². The minimum absolute atomic E-state index is 0.602. The van der Waals surface area contributed by atoms with Crippen LogP contribution >= 0.6 is 0 Å². The molecule has 5 nitrogen and oxygen atoms in total. The summed E-state index contributed by atoms with van der Waals surface area (Å²) in [5, 5.41) is 0. The van der Waals surface area contributed by atoms with Gasteiger partial charge in [-0.1, -0.05) is 26.0 Å². The molecule has 0 atom stereocenters. The molecule has 0 amide bonds. The van der Waals surface area contributed by atoms with Gasteiger partial charge < -0.3 is 9.32 Å². The van der Waals surface area contributed by atoms with Crippen LogP contribution in [0.15, 0.2) is 47.1 Å². The third kappa shape index (κ3) is 3.15. The fraction of sp³-hybridized carbons (Fsp3) is 0.316. The summed E-state index contributed by atoms with van der Waals surface area (Å²) in [5.74, 6) is 2.59. The number of hydrogen-bond acceptors (Lipinski definition) is 5. The van der Waals surface area contributed by atoms with Gasteiger partial charge in [-0.15, -0.1) is 0 Å². The summed E-state index contributed by atoms with van der Waals surface area (Å²) in [6, 6.07) is 9.79. The molecule has 4 heterocycles. The van der Waals surface area contributed by atoms with Crippen molar-refractivity contribution in [3.8, 4) is 11.6 Å². The lowest BCUT2D eigenvalue weighted by atomic mass is 10.1. The summed E-state index contributed by atoms with van der Waals surface area (Å²) in [5.41, 5.74) is 2.94. The van der Waals surface area contributed by atoms with E-state index in [0.29, 0.717) is 5.89 Å². The quantitative estimate of drug-likeness (QED) is 0.713. The van der Waals surface area contributed by atoms with Crippen LogP contribution < -0.4 is 4.90 Å². The zero-order valence-corrected chi connectivity index (χ0v) is 14.4. The van der Waals surface area contributed by atoms with E-state index in [9.17, 15) is 0 Å². The van der Waals surface area contributed by atoms with Gasteiger partial charge >= 0.3 is 0 Å². The second kappa shape index (κ2) is 7.25. The van der Waals surface area contributed by atoms with E-state index in [0.717, 1.165) is 42.5 Å². The number of oxazole rings is 1. The highest BCUT2D eigenvalue weighted by molar-refractivity contribution is 5.50. The van der Waals surface area contributed by atoms with Gasteiger partial charge in [0.2, 0.25) is 5.89 Å². The molecule has 0 aromatic carbocycles. The lowest BCUT2D eigenvalue weighted by molar-refractivity contribution is 0.497. The number of fused-ring (bicyclic) bond motifs is 1. The van der Waals surface area contributed by atoms with Gasteiger partial charge in [-0.2, -0.15) is 0 Å². The van der Waals surface area contributed by atoms with Crippen molar-refractivity contribution in [2.45, 2.75) is 33.7 Å². The van der Waals surface area contributed by atoms with Crippen LogP contribution in [0.5, 0.6) is 0 Å². The fourth-order valence-corrected chi connectivity index (χ4v) is 2.79. The highest BCUT2D eigenvalue weighted by Gasteiger charge is 2.24. The Morgan fingerprint density at radius 3 is 2.62 bits per heavy atom. The van der Waals surface area contributed by atoms with Crippen molar-refractivity contribution in [2.75, 3.05) is 11.4 Å². The second-order valence-corrected chi connectivity index (χ2v) is 5.42. The number of aryl methyl sites for hydroxylation is 1. The topological polar surface area (TPSA) is 55.1 Å². The van der Waals surface area contributed by atoms with Gasteiger partial charge in [-0.05, 0) is 30.7 Å². The first-order valence-corrected chi connectivity index (χ1v) is 8.38. The summed E-state index contributed by atoms with van der Waals surface area (Å²) >= 11 is 0. The Morgan fingerprint density at radius 2 is 1.88 bits per heavy atom. The van der Waals surface area contributed by atoms with Crippen LogP contribution in [0.2, 0.25) is 0 Å². The molecule has 0 fully saturated rings. The van der Waals surface area contributed by atoms with E-state index in [4.69, 9.17) is 4.42 Å². The van der Waals surface area contributed by atoms with Crippen molar-refractivity contribution in [3.63, 3.8) is 0 Å². The average molecular weight is 322 g/mol. The zero-order chi connectivity index (χ0) is 16.9. The Morgan fingerprint density at radius 1 is 1.04 bits per heavy atom. The molecule has 0 aliphatic carbocycles. The van der Waals surface area contributed by atoms with Crippen LogP contribution in [-0.4, -0.2) is 21.5 Å². The number of aromatic nitrogens is 3. The van der Waals surface area contributed by atoms with Gasteiger partial charge in [0.25, 0.3) is 0 Å². The smallest absolute Gasteiger partial charge is 0.245 e. The highest BCUT2D eigenvalue weighted by atomic mass is 16.4. The second-order valence-electron chi connectivity index (χ2n) is 5.42. The van der Waals surface area contributed by atoms with E-state index >= 15 is 0 Å². The van der Waals surface area contributed by atoms with Crippen LogP contribution in [0.3, 0.4) is 0 Å². The molecule has 1 aliphatic rings. The third-order valence-corrected chi connectivity index (χ3v) is 3.89. The maximum Gasteiger partial charge on any atom is 0.245 e. The van der Waals surface area contributed by atoms with E-state index in [1.54, 1.807) is 6.20 Å². The normalized spacial score (nSPS) is 13.0. The SMILES string of the molecule is CC.Cc1cccnc1N1CCc2oc(-c3ccccn3)nc2C1. The third-order valence-electron chi connectivity index (χ3n) is 3.89. The monoisotopic (exact) mass is 322 g/mol. The van der Waals surface area contributed by atoms with Crippen LogP contribution in [-0.2, 0) is 13.0 Å². The lowest BCUT2D eigenvalue weighted by Gasteiger charge is -2.27. The summed E-state index contributed by atoms with van der Waals surface area (Å²) in [7, 11) is 0. The number of rotatable bonds is 2. The first-order chi connectivity index (χ1) is 11.8. The zero-order valence-electron chi connectivity index (χ0n) is 14.4. The largest absolute Gasteiger partial charge is 0.439 e. The van der Waals surface area contributed by atoms with Gasteiger partial charge in [0.15, 0.2) is 0 Å². The maximum absolute atomic E-state index is 5.89. The van der Waals surface area contributed by atoms with E-state index in [2.05, 4.69) is 32.8 Å². The molecule has 0 bridgehead atoms. The van der Waals surface area contributed by atoms with E-state index in [1.807, 2.05) is 44.3 Å². The molecule has 3 aromatic rings. The molecule has 0 saturated carbocycles.